The van der Waals surface area contributed by atoms with Crippen LogP contribution >= 0.6 is 0 Å². The quantitative estimate of drug-likeness (QED) is 0.683. The van der Waals surface area contributed by atoms with Gasteiger partial charge in [0.2, 0.25) is 5.91 Å². The number of carbonyl (C=O) groups excluding carboxylic acids is 1. The highest BCUT2D eigenvalue weighted by atomic mass is 16.2. The molecule has 0 aromatic carbocycles. The van der Waals surface area contributed by atoms with Crippen molar-refractivity contribution >= 4 is 5.91 Å². The van der Waals surface area contributed by atoms with Gasteiger partial charge in [-0.25, -0.2) is 0 Å². The van der Waals surface area contributed by atoms with Crippen molar-refractivity contribution in [2.24, 2.45) is 0 Å². The van der Waals surface area contributed by atoms with E-state index >= 15 is 0 Å². The fourth-order valence-corrected chi connectivity index (χ4v) is 2.56. The number of nitrogens with zero attached hydrogens (tertiary/aromatic N) is 1. The standard InChI is InChI=1S/C10H18N2O/c1-2-11-8-6-9-4-3-5-10(13)12(9)7-8/h8-9,11H,2-7H2,1H3/t8-,9+/m0/s1. The summed E-state index contributed by atoms with van der Waals surface area (Å²) < 4.78 is 0. The molecule has 0 aromatic heterocycles. The molecular formula is C10H18N2O. The molecule has 74 valence electrons. The first-order valence-electron chi connectivity index (χ1n) is 5.34. The van der Waals surface area contributed by atoms with E-state index in [1.807, 2.05) is 0 Å². The van der Waals surface area contributed by atoms with Crippen LogP contribution in [-0.2, 0) is 4.79 Å². The molecule has 2 fully saturated rings. The minimum Gasteiger partial charge on any atom is -0.338 e. The number of fused-ring (bicyclic) bond motifs is 1. The summed E-state index contributed by atoms with van der Waals surface area (Å²) in [6, 6.07) is 1.10. The van der Waals surface area contributed by atoms with Crippen molar-refractivity contribution < 1.29 is 4.79 Å². The zero-order valence-electron chi connectivity index (χ0n) is 8.25. The molecule has 0 bridgehead atoms. The number of likely N-dealkylation sites (N-methyl/N-ethyl adjacent to an activating group) is 1. The van der Waals surface area contributed by atoms with E-state index in [9.17, 15) is 4.79 Å². The van der Waals surface area contributed by atoms with Crippen LogP contribution in [0.4, 0.5) is 0 Å². The molecular weight excluding hydrogens is 164 g/mol. The Morgan fingerprint density at radius 2 is 2.46 bits per heavy atom. The lowest BCUT2D eigenvalue weighted by atomic mass is 10.0. The Bertz CT molecular complexity index is 205. The van der Waals surface area contributed by atoms with Crippen LogP contribution in [0.25, 0.3) is 0 Å². The van der Waals surface area contributed by atoms with Gasteiger partial charge in [0.1, 0.15) is 0 Å². The van der Waals surface area contributed by atoms with Crippen molar-refractivity contribution in [3.63, 3.8) is 0 Å². The molecule has 2 heterocycles. The highest BCUT2D eigenvalue weighted by molar-refractivity contribution is 5.77. The molecule has 0 saturated carbocycles. The number of nitrogens with one attached hydrogen (secondary N) is 1. The Hall–Kier alpha value is -0.570. The van der Waals surface area contributed by atoms with Gasteiger partial charge >= 0.3 is 0 Å². The van der Waals surface area contributed by atoms with Gasteiger partial charge in [0.25, 0.3) is 0 Å². The molecule has 0 radical (unpaired) electrons. The molecule has 0 aromatic rings. The first kappa shape index (κ1) is 9.00. The van der Waals surface area contributed by atoms with E-state index in [2.05, 4.69) is 17.1 Å². The van der Waals surface area contributed by atoms with Gasteiger partial charge in [0.05, 0.1) is 0 Å². The zero-order valence-corrected chi connectivity index (χ0v) is 8.25. The van der Waals surface area contributed by atoms with Crippen molar-refractivity contribution in [1.82, 2.24) is 10.2 Å². The minimum absolute atomic E-state index is 0.372. The van der Waals surface area contributed by atoms with Crippen LogP contribution in [0.5, 0.6) is 0 Å². The monoisotopic (exact) mass is 182 g/mol. The van der Waals surface area contributed by atoms with Gasteiger partial charge in [-0.15, -0.1) is 0 Å². The van der Waals surface area contributed by atoms with Gasteiger partial charge in [0, 0.05) is 25.0 Å². The maximum Gasteiger partial charge on any atom is 0.222 e. The molecule has 2 saturated heterocycles. The SMILES string of the molecule is CCN[C@H]1C[C@H]2CCCC(=O)N2C1. The molecule has 0 unspecified atom stereocenters. The smallest absolute Gasteiger partial charge is 0.222 e. The molecule has 2 atom stereocenters. The van der Waals surface area contributed by atoms with Crippen molar-refractivity contribution in [3.05, 3.63) is 0 Å². The predicted octanol–water partition coefficient (Wildman–Crippen LogP) is 0.749. The van der Waals surface area contributed by atoms with Crippen LogP contribution in [0.15, 0.2) is 0 Å². The van der Waals surface area contributed by atoms with Crippen LogP contribution in [0.1, 0.15) is 32.6 Å². The summed E-state index contributed by atoms with van der Waals surface area (Å²) in [6.07, 6.45) is 4.25. The van der Waals surface area contributed by atoms with Crippen LogP contribution in [-0.4, -0.2) is 36.0 Å². The first-order chi connectivity index (χ1) is 6.31. The second-order valence-corrected chi connectivity index (χ2v) is 4.08. The molecule has 3 heteroatoms. The third-order valence-corrected chi connectivity index (χ3v) is 3.16. The maximum atomic E-state index is 11.5. The maximum absolute atomic E-state index is 11.5. The van der Waals surface area contributed by atoms with Gasteiger partial charge < -0.3 is 10.2 Å². The van der Waals surface area contributed by atoms with Crippen molar-refractivity contribution in [3.8, 4) is 0 Å². The summed E-state index contributed by atoms with van der Waals surface area (Å²) in [5, 5.41) is 3.43. The lowest BCUT2D eigenvalue weighted by Gasteiger charge is -2.28. The van der Waals surface area contributed by atoms with Gasteiger partial charge in [-0.3, -0.25) is 4.79 Å². The summed E-state index contributed by atoms with van der Waals surface area (Å²) in [5.41, 5.74) is 0. The topological polar surface area (TPSA) is 32.3 Å². The Labute approximate surface area is 79.5 Å². The van der Waals surface area contributed by atoms with Crippen molar-refractivity contribution in [2.45, 2.75) is 44.7 Å². The van der Waals surface area contributed by atoms with E-state index in [1.54, 1.807) is 0 Å². The van der Waals surface area contributed by atoms with Crippen LogP contribution in [0, 0.1) is 0 Å². The summed E-state index contributed by atoms with van der Waals surface area (Å²) >= 11 is 0. The molecule has 0 aliphatic carbocycles. The first-order valence-corrected chi connectivity index (χ1v) is 5.34. The number of amides is 1. The Kier molecular flexibility index (Phi) is 2.54. The Morgan fingerprint density at radius 1 is 1.62 bits per heavy atom. The van der Waals surface area contributed by atoms with Gasteiger partial charge in [-0.05, 0) is 25.8 Å². The second-order valence-electron chi connectivity index (χ2n) is 4.08. The third-order valence-electron chi connectivity index (χ3n) is 3.16. The second kappa shape index (κ2) is 3.66. The predicted molar refractivity (Wildman–Crippen MR) is 51.4 cm³/mol. The minimum atomic E-state index is 0.372. The molecule has 1 amide bonds. The van der Waals surface area contributed by atoms with E-state index in [0.717, 1.165) is 25.9 Å². The Balaban J connectivity index is 1.96. The van der Waals surface area contributed by atoms with E-state index in [0.29, 0.717) is 18.0 Å². The number of hydrogen-bond donors (Lipinski definition) is 1. The average Bonchev–Trinajstić information content (AvgIpc) is 2.49. The van der Waals surface area contributed by atoms with E-state index in [4.69, 9.17) is 0 Å². The molecule has 3 nitrogen and oxygen atoms in total. The molecule has 13 heavy (non-hydrogen) atoms. The van der Waals surface area contributed by atoms with E-state index in [-0.39, 0.29) is 0 Å². The van der Waals surface area contributed by atoms with Crippen molar-refractivity contribution in [2.75, 3.05) is 13.1 Å². The molecule has 0 spiro atoms. The Morgan fingerprint density at radius 3 is 3.15 bits per heavy atom. The summed E-state index contributed by atoms with van der Waals surface area (Å²) in [7, 11) is 0. The fourth-order valence-electron chi connectivity index (χ4n) is 2.56. The summed E-state index contributed by atoms with van der Waals surface area (Å²) in [6.45, 7) is 4.08. The summed E-state index contributed by atoms with van der Waals surface area (Å²) in [4.78, 5) is 13.6. The zero-order chi connectivity index (χ0) is 9.26. The average molecular weight is 182 g/mol. The van der Waals surface area contributed by atoms with Gasteiger partial charge in [0.15, 0.2) is 0 Å². The lowest BCUT2D eigenvalue weighted by molar-refractivity contribution is -0.134. The van der Waals surface area contributed by atoms with Crippen LogP contribution in [0.3, 0.4) is 0 Å². The number of rotatable bonds is 2. The molecule has 2 aliphatic rings. The molecule has 1 N–H and O–H groups in total. The van der Waals surface area contributed by atoms with Crippen molar-refractivity contribution in [1.29, 1.82) is 0 Å². The number of piperidine rings is 1. The number of hydrogen-bond acceptors (Lipinski definition) is 2. The summed E-state index contributed by atoms with van der Waals surface area (Å²) in [5.74, 6) is 0.372. The van der Waals surface area contributed by atoms with Crippen LogP contribution < -0.4 is 5.32 Å². The van der Waals surface area contributed by atoms with E-state index in [1.165, 1.54) is 12.8 Å². The molecule has 2 aliphatic heterocycles. The number of carbonyl (C=O) groups is 1. The fraction of sp³-hybridized carbons (Fsp3) is 0.900. The molecule has 2 rings (SSSR count). The normalized spacial score (nSPS) is 33.6. The van der Waals surface area contributed by atoms with Gasteiger partial charge in [-0.2, -0.15) is 0 Å². The van der Waals surface area contributed by atoms with Gasteiger partial charge in [-0.1, -0.05) is 6.92 Å². The van der Waals surface area contributed by atoms with Crippen LogP contribution in [0.2, 0.25) is 0 Å². The highest BCUT2D eigenvalue weighted by Crippen LogP contribution is 2.27. The lowest BCUT2D eigenvalue weighted by Crippen LogP contribution is -2.40. The highest BCUT2D eigenvalue weighted by Gasteiger charge is 2.36. The largest absolute Gasteiger partial charge is 0.338 e. The van der Waals surface area contributed by atoms with E-state index < -0.39 is 0 Å². The third kappa shape index (κ3) is 1.70.